The zero-order chi connectivity index (χ0) is 32.4. The average Bonchev–Trinajstić information content (AvgIpc) is 3.24. The van der Waals surface area contributed by atoms with Gasteiger partial charge in [0.05, 0.1) is 0 Å². The molecule has 2 atom stereocenters. The van der Waals surface area contributed by atoms with Crippen molar-refractivity contribution in [2.45, 2.75) is 90.5 Å². The third kappa shape index (κ3) is 7.62. The molecular weight excluding hydrogens is 552 g/mol. The summed E-state index contributed by atoms with van der Waals surface area (Å²) in [6.45, 7) is 20.5. The van der Waals surface area contributed by atoms with Gasteiger partial charge in [-0.15, -0.1) is 5.10 Å². The van der Waals surface area contributed by atoms with Crippen LogP contribution >= 0.6 is 0 Å². The number of amides is 2. The molecule has 5 rings (SSSR count). The number of allylic oxidation sites excluding steroid dienone is 2. The highest BCUT2D eigenvalue weighted by Gasteiger charge is 2.30. The second kappa shape index (κ2) is 12.8. The van der Waals surface area contributed by atoms with Crippen molar-refractivity contribution in [3.63, 3.8) is 0 Å². The fourth-order valence-corrected chi connectivity index (χ4v) is 5.31. The molecule has 0 bridgehead atoms. The van der Waals surface area contributed by atoms with Crippen LogP contribution in [-0.4, -0.2) is 31.1 Å². The summed E-state index contributed by atoms with van der Waals surface area (Å²) in [4.78, 5) is 41.1. The number of carbonyl (C=O) groups excluding carboxylic acids is 2. The van der Waals surface area contributed by atoms with Crippen molar-refractivity contribution < 1.29 is 9.59 Å². The van der Waals surface area contributed by atoms with Gasteiger partial charge in [-0.25, -0.2) is 9.48 Å². The fourth-order valence-electron chi connectivity index (χ4n) is 5.31. The van der Waals surface area contributed by atoms with E-state index < -0.39 is 6.04 Å². The van der Waals surface area contributed by atoms with Gasteiger partial charge in [0.15, 0.2) is 5.82 Å². The van der Waals surface area contributed by atoms with Crippen LogP contribution < -0.4 is 16.3 Å². The Bertz CT molecular complexity index is 1600. The van der Waals surface area contributed by atoms with Gasteiger partial charge in [0, 0.05) is 47.2 Å². The van der Waals surface area contributed by atoms with Gasteiger partial charge in [0.1, 0.15) is 6.04 Å². The summed E-state index contributed by atoms with van der Waals surface area (Å²) >= 11 is 0. The Balaban J connectivity index is 0.000000209. The molecule has 2 unspecified atom stereocenters. The van der Waals surface area contributed by atoms with Gasteiger partial charge in [-0.3, -0.25) is 19.1 Å². The third-order valence-corrected chi connectivity index (χ3v) is 8.17. The lowest BCUT2D eigenvalue weighted by Crippen LogP contribution is -2.40. The number of pyridine rings is 1. The van der Waals surface area contributed by atoms with E-state index in [2.05, 4.69) is 99.7 Å². The first-order valence-corrected chi connectivity index (χ1v) is 15.2. The third-order valence-electron chi connectivity index (χ3n) is 8.17. The minimum atomic E-state index is -0.591. The molecule has 0 saturated carbocycles. The van der Waals surface area contributed by atoms with Gasteiger partial charge in [0.2, 0.25) is 11.8 Å². The van der Waals surface area contributed by atoms with E-state index in [-0.39, 0.29) is 34.3 Å². The Morgan fingerprint density at radius 1 is 0.841 bits per heavy atom. The van der Waals surface area contributed by atoms with Crippen LogP contribution in [0.3, 0.4) is 0 Å². The minimum Gasteiger partial charge on any atom is -0.330 e. The van der Waals surface area contributed by atoms with Crippen molar-refractivity contribution in [2.24, 2.45) is 13.0 Å². The molecule has 2 fully saturated rings. The van der Waals surface area contributed by atoms with Crippen molar-refractivity contribution >= 4 is 11.8 Å². The van der Waals surface area contributed by atoms with Gasteiger partial charge in [0.25, 0.3) is 0 Å². The summed E-state index contributed by atoms with van der Waals surface area (Å²) in [5.41, 5.74) is 5.63. The lowest BCUT2D eigenvalue weighted by atomic mass is 9.87. The highest BCUT2D eigenvalue weighted by Crippen LogP contribution is 2.27. The molecular formula is C35H46N6O3. The number of hydrogen-bond donors (Lipinski definition) is 2. The predicted octanol–water partition coefficient (Wildman–Crippen LogP) is 5.47. The molecule has 9 heteroatoms. The van der Waals surface area contributed by atoms with E-state index in [0.29, 0.717) is 24.4 Å². The summed E-state index contributed by atoms with van der Waals surface area (Å²) in [5.74, 6) is 0.470. The number of aromatic nitrogens is 4. The number of nitrogens with one attached hydrogen (secondary N) is 2. The van der Waals surface area contributed by atoms with Gasteiger partial charge in [-0.2, -0.15) is 0 Å². The predicted molar refractivity (Wildman–Crippen MR) is 174 cm³/mol. The van der Waals surface area contributed by atoms with Crippen molar-refractivity contribution in [2.75, 3.05) is 0 Å². The monoisotopic (exact) mass is 598 g/mol. The molecule has 234 valence electrons. The molecule has 0 spiro atoms. The van der Waals surface area contributed by atoms with Crippen LogP contribution in [0, 0.1) is 5.92 Å². The summed E-state index contributed by atoms with van der Waals surface area (Å²) in [5, 5.41) is 9.98. The molecule has 2 amide bonds. The number of hydrogen-bond acceptors (Lipinski definition) is 5. The van der Waals surface area contributed by atoms with E-state index >= 15 is 0 Å². The number of carbonyl (C=O) groups is 2. The molecule has 0 radical (unpaired) electrons. The van der Waals surface area contributed by atoms with Crippen LogP contribution in [-0.2, 0) is 33.9 Å². The average molecular weight is 599 g/mol. The highest BCUT2D eigenvalue weighted by atomic mass is 16.2. The molecule has 3 aromatic rings. The van der Waals surface area contributed by atoms with Gasteiger partial charge >= 0.3 is 5.69 Å². The lowest BCUT2D eigenvalue weighted by molar-refractivity contribution is -0.126. The van der Waals surface area contributed by atoms with E-state index in [0.717, 1.165) is 41.8 Å². The summed E-state index contributed by atoms with van der Waals surface area (Å²) in [6.07, 6.45) is 5.60. The number of piperidine rings is 2. The molecule has 1 aromatic carbocycles. The van der Waals surface area contributed by atoms with Gasteiger partial charge in [-0.05, 0) is 54.7 Å². The van der Waals surface area contributed by atoms with E-state index in [1.54, 1.807) is 7.05 Å². The fraction of sp³-hybridized carbons (Fsp3) is 0.457. The van der Waals surface area contributed by atoms with Crippen molar-refractivity contribution in [3.8, 4) is 11.4 Å². The van der Waals surface area contributed by atoms with Crippen LogP contribution in [0.25, 0.3) is 11.4 Å². The van der Waals surface area contributed by atoms with E-state index in [1.807, 2.05) is 18.3 Å². The SMILES string of the molecule is C=C1CCC(Cc2ccc(C(C)(C)C)nc2)C(=O)N1.C=C1CCC(n2nc(-c3ccc(C(C)(C)C)cc3)n(C)c2=O)C(=O)N1. The van der Waals surface area contributed by atoms with Crippen LogP contribution in [0.5, 0.6) is 0 Å². The Hall–Kier alpha value is -4.27. The zero-order valence-electron chi connectivity index (χ0n) is 27.2. The first-order chi connectivity index (χ1) is 20.5. The first-order valence-electron chi connectivity index (χ1n) is 15.2. The van der Waals surface area contributed by atoms with Crippen molar-refractivity contribution in [1.82, 2.24) is 30.0 Å². The summed E-state index contributed by atoms with van der Waals surface area (Å²) in [6, 6.07) is 11.6. The minimum absolute atomic E-state index is 0.0489. The Morgan fingerprint density at radius 2 is 1.45 bits per heavy atom. The Labute approximate surface area is 260 Å². The van der Waals surface area contributed by atoms with Crippen molar-refractivity contribution in [3.05, 3.63) is 94.5 Å². The normalized spacial score (nSPS) is 19.2. The number of nitrogens with zero attached hydrogens (tertiary/aromatic N) is 4. The first kappa shape index (κ1) is 32.6. The Kier molecular flexibility index (Phi) is 9.47. The smallest absolute Gasteiger partial charge is 0.330 e. The molecule has 2 aliphatic rings. The van der Waals surface area contributed by atoms with Crippen molar-refractivity contribution in [1.29, 1.82) is 0 Å². The van der Waals surface area contributed by atoms with E-state index in [4.69, 9.17) is 0 Å². The largest absolute Gasteiger partial charge is 0.346 e. The zero-order valence-corrected chi connectivity index (χ0v) is 27.2. The van der Waals surface area contributed by atoms with Crippen LogP contribution in [0.1, 0.15) is 90.1 Å². The van der Waals surface area contributed by atoms with E-state index in [1.165, 1.54) is 14.8 Å². The summed E-state index contributed by atoms with van der Waals surface area (Å²) in [7, 11) is 1.68. The Morgan fingerprint density at radius 3 is 1.98 bits per heavy atom. The van der Waals surface area contributed by atoms with Crippen LogP contribution in [0.4, 0.5) is 0 Å². The van der Waals surface area contributed by atoms with E-state index in [9.17, 15) is 14.4 Å². The summed E-state index contributed by atoms with van der Waals surface area (Å²) < 4.78 is 2.78. The standard InChI is InChI=1S/C19H24N4O2.C16H22N2O/c1-12-6-11-15(17(24)20-12)23-18(25)22(5)16(21-23)13-7-9-14(10-8-13)19(2,3)4;1-11-5-7-13(15(19)18-11)9-12-6-8-14(17-10-12)16(2,3)4/h7-10,15H,1,6,11H2,2-5H3,(H,20,24);6,8,10,13H,1,5,7,9H2,2-4H3,(H,18,19). The number of rotatable bonds is 4. The molecule has 2 aliphatic heterocycles. The maximum Gasteiger partial charge on any atom is 0.346 e. The topological polar surface area (TPSA) is 111 Å². The second-order valence-corrected chi connectivity index (χ2v) is 13.9. The maximum atomic E-state index is 12.6. The van der Waals surface area contributed by atoms with Gasteiger partial charge in [-0.1, -0.05) is 85.0 Å². The lowest BCUT2D eigenvalue weighted by Gasteiger charge is -2.23. The molecule has 2 saturated heterocycles. The molecule has 2 N–H and O–H groups in total. The second-order valence-electron chi connectivity index (χ2n) is 13.9. The maximum absolute atomic E-state index is 12.6. The van der Waals surface area contributed by atoms with Crippen LogP contribution in [0.15, 0.2) is 71.9 Å². The molecule has 0 aliphatic carbocycles. The highest BCUT2D eigenvalue weighted by molar-refractivity contribution is 5.83. The quantitative estimate of drug-likeness (QED) is 0.414. The molecule has 9 nitrogen and oxygen atoms in total. The molecule has 44 heavy (non-hydrogen) atoms. The number of benzene rings is 1. The van der Waals surface area contributed by atoms with Gasteiger partial charge < -0.3 is 10.6 Å². The van der Waals surface area contributed by atoms with Crippen LogP contribution in [0.2, 0.25) is 0 Å². The molecule has 4 heterocycles. The molecule has 2 aromatic heterocycles.